The van der Waals surface area contributed by atoms with Gasteiger partial charge in [0.2, 0.25) is 0 Å². The minimum Gasteiger partial charge on any atom is -0.444 e. The monoisotopic (exact) mass is 405 g/mol. The molecule has 2 aliphatic rings. The van der Waals surface area contributed by atoms with E-state index in [4.69, 9.17) is 4.74 Å². The number of carbonyl (C=O) groups excluding carboxylic acids is 1. The van der Waals surface area contributed by atoms with Gasteiger partial charge in [0.1, 0.15) is 15.9 Å². The molecule has 0 spiro atoms. The molecule has 2 aromatic heterocycles. The molecule has 2 unspecified atom stereocenters. The van der Waals surface area contributed by atoms with Gasteiger partial charge < -0.3 is 9.30 Å². The first-order valence-electron chi connectivity index (χ1n) is 8.91. The Bertz CT molecular complexity index is 852. The summed E-state index contributed by atoms with van der Waals surface area (Å²) in [6, 6.07) is 4.40. The van der Waals surface area contributed by atoms with Crippen molar-refractivity contribution in [2.24, 2.45) is 7.05 Å². The fourth-order valence-corrected chi connectivity index (χ4v) is 4.65. The van der Waals surface area contributed by atoms with Gasteiger partial charge >= 0.3 is 6.09 Å². The third-order valence-corrected chi connectivity index (χ3v) is 5.72. The fraction of sp³-hybridized carbons (Fsp3) is 0.579. The largest absolute Gasteiger partial charge is 0.444 e. The zero-order chi connectivity index (χ0) is 17.9. The van der Waals surface area contributed by atoms with Gasteiger partial charge in [-0.15, -0.1) is 0 Å². The summed E-state index contributed by atoms with van der Waals surface area (Å²) in [5.41, 5.74) is 3.09. The number of ether oxygens (including phenoxy) is 1. The lowest BCUT2D eigenvalue weighted by Crippen LogP contribution is -2.51. The van der Waals surface area contributed by atoms with Crippen molar-refractivity contribution in [2.75, 3.05) is 0 Å². The Hall–Kier alpha value is -1.56. The number of halogens is 1. The van der Waals surface area contributed by atoms with Gasteiger partial charge in [0, 0.05) is 36.2 Å². The van der Waals surface area contributed by atoms with E-state index in [-0.39, 0.29) is 18.2 Å². The highest BCUT2D eigenvalue weighted by molar-refractivity contribution is 9.10. The second-order valence-corrected chi connectivity index (χ2v) is 8.93. The predicted molar refractivity (Wildman–Crippen MR) is 101 cm³/mol. The van der Waals surface area contributed by atoms with Crippen LogP contribution < -0.4 is 0 Å². The van der Waals surface area contributed by atoms with Crippen LogP contribution in [0.3, 0.4) is 0 Å². The molecule has 4 heterocycles. The highest BCUT2D eigenvalue weighted by Gasteiger charge is 2.44. The number of carbonyl (C=O) groups is 1. The van der Waals surface area contributed by atoms with Crippen molar-refractivity contribution in [3.63, 3.8) is 0 Å². The Balaban J connectivity index is 1.83. The lowest BCUT2D eigenvalue weighted by Gasteiger charge is -2.46. The summed E-state index contributed by atoms with van der Waals surface area (Å²) in [6.45, 7) is 5.78. The average molecular weight is 406 g/mol. The molecule has 0 N–H and O–H groups in total. The topological polar surface area (TPSA) is 47.4 Å². The van der Waals surface area contributed by atoms with Crippen LogP contribution in [0.1, 0.15) is 57.3 Å². The maximum Gasteiger partial charge on any atom is 0.411 e. The fourth-order valence-electron chi connectivity index (χ4n) is 4.35. The zero-order valence-corrected chi connectivity index (χ0v) is 16.8. The van der Waals surface area contributed by atoms with Gasteiger partial charge in [-0.25, -0.2) is 9.78 Å². The van der Waals surface area contributed by atoms with E-state index in [0.29, 0.717) is 0 Å². The van der Waals surface area contributed by atoms with Crippen LogP contribution in [0.15, 0.2) is 16.7 Å². The standard InChI is InChI=1S/C19H24BrN3O2/c1-19(2,3)25-18(24)23-11-6-5-7-13(23)16-12-8-9-15(20)21-17(12)22(4)14(16)10-11/h8-9,11,13H,5-7,10H2,1-4H3. The van der Waals surface area contributed by atoms with Gasteiger partial charge in [-0.1, -0.05) is 0 Å². The SMILES string of the molecule is Cn1c2c(c3ccc(Br)nc31)C1CCCC(C2)N1C(=O)OC(C)(C)C. The number of hydrogen-bond donors (Lipinski definition) is 0. The molecule has 4 rings (SSSR count). The van der Waals surface area contributed by atoms with Gasteiger partial charge in [0.05, 0.1) is 6.04 Å². The van der Waals surface area contributed by atoms with Crippen LogP contribution in [0.25, 0.3) is 11.0 Å². The van der Waals surface area contributed by atoms with Crippen molar-refractivity contribution in [1.29, 1.82) is 0 Å². The molecule has 0 saturated carbocycles. The quantitative estimate of drug-likeness (QED) is 0.595. The van der Waals surface area contributed by atoms with Crippen LogP contribution in [0.2, 0.25) is 0 Å². The van der Waals surface area contributed by atoms with Gasteiger partial charge in [-0.2, -0.15) is 0 Å². The number of hydrogen-bond acceptors (Lipinski definition) is 3. The average Bonchev–Trinajstić information content (AvgIpc) is 2.77. The van der Waals surface area contributed by atoms with Crippen LogP contribution in [0.5, 0.6) is 0 Å². The van der Waals surface area contributed by atoms with Crippen LogP contribution in [-0.2, 0) is 18.2 Å². The van der Waals surface area contributed by atoms with E-state index < -0.39 is 5.60 Å². The van der Waals surface area contributed by atoms with E-state index in [1.165, 1.54) is 11.3 Å². The summed E-state index contributed by atoms with van der Waals surface area (Å²) in [7, 11) is 2.08. The summed E-state index contributed by atoms with van der Waals surface area (Å²) in [5, 5.41) is 1.15. The Kier molecular flexibility index (Phi) is 3.87. The Morgan fingerprint density at radius 2 is 2.08 bits per heavy atom. The van der Waals surface area contributed by atoms with E-state index in [2.05, 4.69) is 38.6 Å². The van der Waals surface area contributed by atoms with Crippen molar-refractivity contribution in [3.8, 4) is 0 Å². The molecule has 25 heavy (non-hydrogen) atoms. The molecule has 134 valence electrons. The van der Waals surface area contributed by atoms with Crippen molar-refractivity contribution in [3.05, 3.63) is 28.0 Å². The molecule has 0 radical (unpaired) electrons. The Morgan fingerprint density at radius 3 is 2.80 bits per heavy atom. The molecule has 2 aliphatic heterocycles. The van der Waals surface area contributed by atoms with Crippen molar-refractivity contribution < 1.29 is 9.53 Å². The number of fused-ring (bicyclic) bond motifs is 6. The van der Waals surface area contributed by atoms with Crippen LogP contribution >= 0.6 is 15.9 Å². The van der Waals surface area contributed by atoms with Crippen molar-refractivity contribution in [2.45, 2.75) is 64.1 Å². The summed E-state index contributed by atoms with van der Waals surface area (Å²) in [6.07, 6.45) is 3.85. The van der Waals surface area contributed by atoms with Crippen LogP contribution in [0.4, 0.5) is 4.79 Å². The van der Waals surface area contributed by atoms with Gasteiger partial charge in [-0.3, -0.25) is 4.90 Å². The molecule has 2 bridgehead atoms. The number of nitrogens with zero attached hydrogens (tertiary/aromatic N) is 3. The Morgan fingerprint density at radius 1 is 1.32 bits per heavy atom. The molecular weight excluding hydrogens is 382 g/mol. The normalized spacial score (nSPS) is 22.8. The van der Waals surface area contributed by atoms with Crippen molar-refractivity contribution in [1.82, 2.24) is 14.5 Å². The number of aromatic nitrogens is 2. The first-order valence-corrected chi connectivity index (χ1v) is 9.70. The van der Waals surface area contributed by atoms with E-state index in [0.717, 1.165) is 41.3 Å². The second kappa shape index (κ2) is 5.73. The minimum absolute atomic E-state index is 0.0871. The summed E-state index contributed by atoms with van der Waals surface area (Å²) in [4.78, 5) is 19.6. The second-order valence-electron chi connectivity index (χ2n) is 8.12. The highest BCUT2D eigenvalue weighted by Crippen LogP contribution is 2.46. The third-order valence-electron chi connectivity index (χ3n) is 5.28. The molecule has 6 heteroatoms. The van der Waals surface area contributed by atoms with Gasteiger partial charge in [0.15, 0.2) is 0 Å². The smallest absolute Gasteiger partial charge is 0.411 e. The molecule has 2 atom stereocenters. The van der Waals surface area contributed by atoms with Crippen LogP contribution in [-0.4, -0.2) is 32.2 Å². The Labute approximate surface area is 156 Å². The molecule has 1 amide bonds. The first kappa shape index (κ1) is 16.9. The first-order chi connectivity index (χ1) is 11.8. The van der Waals surface area contributed by atoms with E-state index in [1.807, 2.05) is 31.7 Å². The molecule has 0 aromatic carbocycles. The number of rotatable bonds is 0. The summed E-state index contributed by atoms with van der Waals surface area (Å²) >= 11 is 3.48. The lowest BCUT2D eigenvalue weighted by atomic mass is 9.82. The molecule has 1 fully saturated rings. The van der Waals surface area contributed by atoms with E-state index >= 15 is 0 Å². The van der Waals surface area contributed by atoms with E-state index in [9.17, 15) is 4.79 Å². The number of pyridine rings is 1. The highest BCUT2D eigenvalue weighted by atomic mass is 79.9. The maximum absolute atomic E-state index is 12.9. The molecule has 2 aromatic rings. The number of aryl methyl sites for hydroxylation is 1. The molecule has 1 saturated heterocycles. The number of piperidine rings is 1. The van der Waals surface area contributed by atoms with Gasteiger partial charge in [-0.05, 0) is 68.1 Å². The van der Waals surface area contributed by atoms with Crippen molar-refractivity contribution >= 4 is 33.1 Å². The molecular formula is C19H24BrN3O2. The third kappa shape index (κ3) is 2.75. The molecule has 0 aliphatic carbocycles. The number of amides is 1. The maximum atomic E-state index is 12.9. The summed E-state index contributed by atoms with van der Waals surface area (Å²) < 4.78 is 8.76. The minimum atomic E-state index is -0.475. The van der Waals surface area contributed by atoms with E-state index in [1.54, 1.807) is 0 Å². The predicted octanol–water partition coefficient (Wildman–Crippen LogP) is 4.72. The van der Waals surface area contributed by atoms with Crippen LogP contribution in [0, 0.1) is 0 Å². The lowest BCUT2D eigenvalue weighted by molar-refractivity contribution is -0.00973. The summed E-state index contributed by atoms with van der Waals surface area (Å²) in [5.74, 6) is 0. The van der Waals surface area contributed by atoms with Gasteiger partial charge in [0.25, 0.3) is 0 Å². The zero-order valence-electron chi connectivity index (χ0n) is 15.2. The molecule has 5 nitrogen and oxygen atoms in total.